The van der Waals surface area contributed by atoms with Crippen LogP contribution in [-0.2, 0) is 22.6 Å². The van der Waals surface area contributed by atoms with Crippen molar-refractivity contribution in [3.63, 3.8) is 0 Å². The molecule has 7 nitrogen and oxygen atoms in total. The first-order valence-corrected chi connectivity index (χ1v) is 12.0. The van der Waals surface area contributed by atoms with E-state index in [2.05, 4.69) is 5.32 Å². The van der Waals surface area contributed by atoms with Crippen molar-refractivity contribution >= 4 is 17.5 Å². The summed E-state index contributed by atoms with van der Waals surface area (Å²) in [7, 11) is 1.66. The number of carbonyl (C=O) groups is 2. The summed E-state index contributed by atoms with van der Waals surface area (Å²) in [5.41, 5.74) is 3.61. The minimum absolute atomic E-state index is 0.111. The van der Waals surface area contributed by atoms with Gasteiger partial charge in [0.15, 0.2) is 0 Å². The predicted molar refractivity (Wildman–Crippen MR) is 132 cm³/mol. The topological polar surface area (TPSA) is 79.7 Å². The Balaban J connectivity index is 1.71. The highest BCUT2D eigenvalue weighted by atomic mass is 19.4. The molecule has 2 unspecified atom stereocenters. The minimum Gasteiger partial charge on any atom is -0.331 e. The molecule has 2 aliphatic heterocycles. The van der Waals surface area contributed by atoms with Crippen molar-refractivity contribution in [2.45, 2.75) is 51.5 Å². The summed E-state index contributed by atoms with van der Waals surface area (Å²) in [6, 6.07) is 12.7. The number of rotatable bonds is 6. The molecule has 1 N–H and O–H groups in total. The van der Waals surface area contributed by atoms with Crippen molar-refractivity contribution in [3.8, 4) is 6.07 Å². The van der Waals surface area contributed by atoms with Crippen LogP contribution in [0.5, 0.6) is 0 Å². The van der Waals surface area contributed by atoms with Crippen LogP contribution in [0.2, 0.25) is 0 Å². The van der Waals surface area contributed by atoms with Crippen LogP contribution < -0.4 is 5.32 Å². The van der Waals surface area contributed by atoms with E-state index in [1.54, 1.807) is 42.4 Å². The Morgan fingerprint density at radius 2 is 1.84 bits per heavy atom. The number of nitrogens with zero attached hydrogens (tertiary/aromatic N) is 4. The second kappa shape index (κ2) is 10.3. The quantitative estimate of drug-likeness (QED) is 0.617. The van der Waals surface area contributed by atoms with Crippen LogP contribution in [0.4, 0.5) is 18.9 Å². The van der Waals surface area contributed by atoms with Gasteiger partial charge in [-0.1, -0.05) is 31.2 Å². The van der Waals surface area contributed by atoms with Gasteiger partial charge in [0.2, 0.25) is 5.91 Å². The SMILES string of the molecule is CCc1ccc(C2C=C3C(=O)N(Cc4ccc(C#N)cc4)CC(CC(F)(F)F)N3N2C)c(NC(C)=O)c1. The molecule has 2 heterocycles. The fourth-order valence-corrected chi connectivity index (χ4v) is 4.97. The number of alkyl halides is 3. The molecule has 2 amide bonds. The van der Waals surface area contributed by atoms with Gasteiger partial charge in [0.25, 0.3) is 5.91 Å². The lowest BCUT2D eigenvalue weighted by Gasteiger charge is -2.45. The van der Waals surface area contributed by atoms with E-state index in [-0.39, 0.29) is 30.6 Å². The van der Waals surface area contributed by atoms with Gasteiger partial charge in [-0.05, 0) is 47.4 Å². The van der Waals surface area contributed by atoms with Crippen LogP contribution >= 0.6 is 0 Å². The number of hydrogen-bond donors (Lipinski definition) is 1. The van der Waals surface area contributed by atoms with Crippen molar-refractivity contribution in [3.05, 3.63) is 76.5 Å². The van der Waals surface area contributed by atoms with Crippen LogP contribution in [0.3, 0.4) is 0 Å². The average molecular weight is 512 g/mol. The van der Waals surface area contributed by atoms with Gasteiger partial charge in [-0.2, -0.15) is 18.4 Å². The molecular weight excluding hydrogens is 483 g/mol. The predicted octanol–water partition coefficient (Wildman–Crippen LogP) is 4.53. The Morgan fingerprint density at radius 3 is 2.43 bits per heavy atom. The lowest BCUT2D eigenvalue weighted by Crippen LogP contribution is -2.57. The van der Waals surface area contributed by atoms with Crippen molar-refractivity contribution in [1.82, 2.24) is 14.9 Å². The average Bonchev–Trinajstić information content (AvgIpc) is 3.18. The van der Waals surface area contributed by atoms with E-state index < -0.39 is 24.7 Å². The highest BCUT2D eigenvalue weighted by Crippen LogP contribution is 2.42. The van der Waals surface area contributed by atoms with Crippen LogP contribution in [0, 0.1) is 11.3 Å². The molecule has 194 valence electrons. The number of anilines is 1. The van der Waals surface area contributed by atoms with E-state index in [0.29, 0.717) is 16.8 Å². The standard InChI is InChI=1S/C27H28F3N5O2/c1-4-18-9-10-22(23(11-18)32-17(2)36)24-12-25-26(37)34(15-20-7-5-19(14-31)6-8-20)16-21(13-27(28,29)30)35(25)33(24)3/h5-12,21,24H,4,13,15-16H2,1-3H3,(H,32,36). The summed E-state index contributed by atoms with van der Waals surface area (Å²) in [6.07, 6.45) is -3.11. The van der Waals surface area contributed by atoms with Gasteiger partial charge in [0, 0.05) is 32.7 Å². The maximum Gasteiger partial charge on any atom is 0.391 e. The second-order valence-electron chi connectivity index (χ2n) is 9.34. The molecular formula is C27H28F3N5O2. The molecule has 2 aromatic rings. The van der Waals surface area contributed by atoms with E-state index in [1.165, 1.54) is 16.8 Å². The maximum atomic E-state index is 13.6. The third-order valence-electron chi connectivity index (χ3n) is 6.67. The number of hydrogen-bond acceptors (Lipinski definition) is 5. The van der Waals surface area contributed by atoms with Gasteiger partial charge >= 0.3 is 6.18 Å². The molecule has 37 heavy (non-hydrogen) atoms. The Bertz CT molecular complexity index is 1270. The molecule has 2 aromatic carbocycles. The number of hydrazine groups is 1. The summed E-state index contributed by atoms with van der Waals surface area (Å²) in [5, 5.41) is 14.9. The Labute approximate surface area is 213 Å². The van der Waals surface area contributed by atoms with Gasteiger partial charge in [-0.3, -0.25) is 14.6 Å². The summed E-state index contributed by atoms with van der Waals surface area (Å²) in [6.45, 7) is 3.40. The molecule has 4 rings (SSSR count). The molecule has 0 saturated carbocycles. The number of nitrogens with one attached hydrogen (secondary N) is 1. The number of likely N-dealkylation sites (N-methyl/N-ethyl adjacent to an activating group) is 1. The lowest BCUT2D eigenvalue weighted by molar-refractivity contribution is -0.171. The first-order chi connectivity index (χ1) is 17.5. The first-order valence-electron chi connectivity index (χ1n) is 12.0. The molecule has 1 saturated heterocycles. The molecule has 10 heteroatoms. The number of fused-ring (bicyclic) bond motifs is 1. The molecule has 0 aromatic heterocycles. The summed E-state index contributed by atoms with van der Waals surface area (Å²) in [5.74, 6) is -0.636. The number of piperazine rings is 1. The molecule has 2 atom stereocenters. The number of amides is 2. The largest absolute Gasteiger partial charge is 0.391 e. The maximum absolute atomic E-state index is 13.6. The highest BCUT2D eigenvalue weighted by molar-refractivity contribution is 5.94. The zero-order valence-electron chi connectivity index (χ0n) is 20.8. The molecule has 0 aliphatic carbocycles. The number of carbonyl (C=O) groups excluding carboxylic acids is 2. The van der Waals surface area contributed by atoms with Crippen molar-refractivity contribution in [2.24, 2.45) is 0 Å². The molecule has 1 fully saturated rings. The molecule has 0 spiro atoms. The van der Waals surface area contributed by atoms with Crippen LogP contribution in [-0.4, -0.2) is 52.5 Å². The van der Waals surface area contributed by atoms with Gasteiger partial charge in [0.1, 0.15) is 5.70 Å². The van der Waals surface area contributed by atoms with Crippen molar-refractivity contribution in [2.75, 3.05) is 18.9 Å². The zero-order chi connectivity index (χ0) is 26.9. The number of benzene rings is 2. The van der Waals surface area contributed by atoms with E-state index in [0.717, 1.165) is 17.5 Å². The van der Waals surface area contributed by atoms with Gasteiger partial charge in [0.05, 0.1) is 30.1 Å². The van der Waals surface area contributed by atoms with E-state index in [1.807, 2.05) is 31.2 Å². The minimum atomic E-state index is -4.43. The van der Waals surface area contributed by atoms with Crippen LogP contribution in [0.1, 0.15) is 48.6 Å². The van der Waals surface area contributed by atoms with Crippen LogP contribution in [0.25, 0.3) is 0 Å². The number of halogens is 3. The fourth-order valence-electron chi connectivity index (χ4n) is 4.97. The monoisotopic (exact) mass is 511 g/mol. The van der Waals surface area contributed by atoms with Gasteiger partial charge in [-0.15, -0.1) is 0 Å². The van der Waals surface area contributed by atoms with Crippen molar-refractivity contribution in [1.29, 1.82) is 5.26 Å². The summed E-state index contributed by atoms with van der Waals surface area (Å²) < 4.78 is 40.9. The number of aryl methyl sites for hydroxylation is 1. The Morgan fingerprint density at radius 1 is 1.16 bits per heavy atom. The first kappa shape index (κ1) is 26.2. The third kappa shape index (κ3) is 5.62. The summed E-state index contributed by atoms with van der Waals surface area (Å²) >= 11 is 0. The van der Waals surface area contributed by atoms with Gasteiger partial charge in [-0.25, -0.2) is 5.01 Å². The van der Waals surface area contributed by atoms with Gasteiger partial charge < -0.3 is 10.2 Å². The molecule has 2 aliphatic rings. The van der Waals surface area contributed by atoms with E-state index in [9.17, 15) is 22.8 Å². The normalized spacial score (nSPS) is 19.9. The van der Waals surface area contributed by atoms with E-state index >= 15 is 0 Å². The smallest absolute Gasteiger partial charge is 0.331 e. The Kier molecular flexibility index (Phi) is 7.28. The highest BCUT2D eigenvalue weighted by Gasteiger charge is 2.48. The zero-order valence-corrected chi connectivity index (χ0v) is 20.8. The van der Waals surface area contributed by atoms with Crippen LogP contribution in [0.15, 0.2) is 54.2 Å². The van der Waals surface area contributed by atoms with E-state index in [4.69, 9.17) is 5.26 Å². The Hall–Kier alpha value is -3.84. The van der Waals surface area contributed by atoms with Crippen molar-refractivity contribution < 1.29 is 22.8 Å². The third-order valence-corrected chi connectivity index (χ3v) is 6.67. The molecule has 0 radical (unpaired) electrons. The lowest BCUT2D eigenvalue weighted by atomic mass is 10.00. The summed E-state index contributed by atoms with van der Waals surface area (Å²) in [4.78, 5) is 26.8. The number of nitriles is 1. The fraction of sp³-hybridized carbons (Fsp3) is 0.370. The second-order valence-corrected chi connectivity index (χ2v) is 9.34. The molecule has 0 bridgehead atoms.